The molecule has 18 heavy (non-hydrogen) atoms. The van der Waals surface area contributed by atoms with Crippen LogP contribution in [0.15, 0.2) is 24.3 Å². The van der Waals surface area contributed by atoms with Gasteiger partial charge in [0.15, 0.2) is 17.5 Å². The van der Waals surface area contributed by atoms with E-state index in [-0.39, 0.29) is 11.5 Å². The topological polar surface area (TPSA) is 73.1 Å². The molecule has 2 aromatic rings. The molecule has 1 aromatic carbocycles. The number of ether oxygens (including phenoxy) is 1. The minimum absolute atomic E-state index is 0.0201. The van der Waals surface area contributed by atoms with Gasteiger partial charge in [-0.25, -0.2) is 20.2 Å². The normalized spacial score (nSPS) is 10.2. The van der Waals surface area contributed by atoms with Gasteiger partial charge in [0.25, 0.3) is 0 Å². The number of aryl methyl sites for hydroxylation is 1. The molecule has 1 heterocycles. The molecule has 0 aliphatic rings. The zero-order valence-electron chi connectivity index (χ0n) is 10.1. The first-order chi connectivity index (χ1) is 8.65. The van der Waals surface area contributed by atoms with Crippen molar-refractivity contribution < 1.29 is 9.13 Å². The maximum atomic E-state index is 13.5. The van der Waals surface area contributed by atoms with Gasteiger partial charge in [-0.05, 0) is 31.2 Å². The van der Waals surface area contributed by atoms with Crippen molar-refractivity contribution >= 4 is 5.82 Å². The van der Waals surface area contributed by atoms with E-state index >= 15 is 0 Å². The third kappa shape index (κ3) is 2.23. The van der Waals surface area contributed by atoms with Crippen LogP contribution in [0.3, 0.4) is 0 Å². The fraction of sp³-hybridized carbons (Fsp3) is 0.167. The number of nitrogens with zero attached hydrogens (tertiary/aromatic N) is 2. The van der Waals surface area contributed by atoms with E-state index in [9.17, 15) is 4.39 Å². The lowest BCUT2D eigenvalue weighted by Gasteiger charge is -2.07. The summed E-state index contributed by atoms with van der Waals surface area (Å²) in [5.41, 5.74) is 3.22. The van der Waals surface area contributed by atoms with Gasteiger partial charge in [0.2, 0.25) is 0 Å². The van der Waals surface area contributed by atoms with Gasteiger partial charge in [-0.2, -0.15) is 0 Å². The van der Waals surface area contributed by atoms with Gasteiger partial charge in [-0.15, -0.1) is 0 Å². The second kappa shape index (κ2) is 4.97. The van der Waals surface area contributed by atoms with Crippen LogP contribution in [0, 0.1) is 12.7 Å². The molecule has 0 unspecified atom stereocenters. The summed E-state index contributed by atoms with van der Waals surface area (Å²) < 4.78 is 18.6. The fourth-order valence-corrected chi connectivity index (χ4v) is 1.52. The second-order valence-electron chi connectivity index (χ2n) is 3.67. The van der Waals surface area contributed by atoms with Crippen molar-refractivity contribution in [2.24, 2.45) is 5.84 Å². The molecule has 0 bridgehead atoms. The zero-order chi connectivity index (χ0) is 13.1. The van der Waals surface area contributed by atoms with Crippen molar-refractivity contribution in [2.45, 2.75) is 6.92 Å². The summed E-state index contributed by atoms with van der Waals surface area (Å²) in [6.45, 7) is 1.56. The van der Waals surface area contributed by atoms with E-state index in [1.165, 1.54) is 0 Å². The number of hydrazine groups is 1. The van der Waals surface area contributed by atoms with Crippen LogP contribution in [0.4, 0.5) is 10.2 Å². The molecule has 3 N–H and O–H groups in total. The predicted octanol–water partition coefficient (Wildman–Crippen LogP) is 1.89. The molecule has 0 saturated carbocycles. The van der Waals surface area contributed by atoms with Crippen molar-refractivity contribution in [1.29, 1.82) is 0 Å². The van der Waals surface area contributed by atoms with E-state index in [0.29, 0.717) is 5.82 Å². The van der Waals surface area contributed by atoms with E-state index in [4.69, 9.17) is 10.6 Å². The van der Waals surface area contributed by atoms with Crippen LogP contribution in [0.25, 0.3) is 11.4 Å². The highest BCUT2D eigenvalue weighted by molar-refractivity contribution is 5.58. The molecule has 5 nitrogen and oxygen atoms in total. The molecular weight excluding hydrogens is 235 g/mol. The minimum atomic E-state index is -0.547. The number of methoxy groups -OCH3 is 1. The number of aromatic nitrogens is 2. The Morgan fingerprint density at radius 3 is 2.44 bits per heavy atom. The minimum Gasteiger partial charge on any atom is -0.497 e. The van der Waals surface area contributed by atoms with Gasteiger partial charge >= 0.3 is 0 Å². The van der Waals surface area contributed by atoms with Crippen LogP contribution >= 0.6 is 0 Å². The SMILES string of the molecule is COc1ccc(-c2nc(C)c(F)c(NN)n2)cc1. The number of benzene rings is 1. The largest absolute Gasteiger partial charge is 0.497 e. The molecule has 2 rings (SSSR count). The van der Waals surface area contributed by atoms with Crippen molar-refractivity contribution in [3.63, 3.8) is 0 Å². The lowest BCUT2D eigenvalue weighted by Crippen LogP contribution is -2.13. The number of nitrogen functional groups attached to an aromatic ring is 1. The smallest absolute Gasteiger partial charge is 0.187 e. The lowest BCUT2D eigenvalue weighted by molar-refractivity contribution is 0.415. The average molecular weight is 248 g/mol. The monoisotopic (exact) mass is 248 g/mol. The first kappa shape index (κ1) is 12.3. The van der Waals surface area contributed by atoms with Crippen molar-refractivity contribution in [3.8, 4) is 17.1 Å². The van der Waals surface area contributed by atoms with Crippen LogP contribution in [0.2, 0.25) is 0 Å². The van der Waals surface area contributed by atoms with Crippen molar-refractivity contribution in [2.75, 3.05) is 12.5 Å². The number of nitrogens with one attached hydrogen (secondary N) is 1. The lowest BCUT2D eigenvalue weighted by atomic mass is 10.2. The zero-order valence-corrected chi connectivity index (χ0v) is 10.1. The summed E-state index contributed by atoms with van der Waals surface area (Å²) in [4.78, 5) is 8.10. The molecule has 0 spiro atoms. The van der Waals surface area contributed by atoms with Gasteiger partial charge in [0.05, 0.1) is 12.8 Å². The third-order valence-electron chi connectivity index (χ3n) is 2.50. The summed E-state index contributed by atoms with van der Waals surface area (Å²) in [6.07, 6.45) is 0. The Morgan fingerprint density at radius 1 is 1.22 bits per heavy atom. The number of hydrogen-bond donors (Lipinski definition) is 2. The molecule has 0 aliphatic carbocycles. The third-order valence-corrected chi connectivity index (χ3v) is 2.50. The van der Waals surface area contributed by atoms with Crippen molar-refractivity contribution in [1.82, 2.24) is 9.97 Å². The van der Waals surface area contributed by atoms with Crippen LogP contribution in [0.1, 0.15) is 5.69 Å². The highest BCUT2D eigenvalue weighted by Gasteiger charge is 2.11. The van der Waals surface area contributed by atoms with E-state index in [0.717, 1.165) is 11.3 Å². The van der Waals surface area contributed by atoms with Crippen LogP contribution < -0.4 is 16.0 Å². The quantitative estimate of drug-likeness (QED) is 0.641. The van der Waals surface area contributed by atoms with Crippen LogP contribution in [0.5, 0.6) is 5.75 Å². The summed E-state index contributed by atoms with van der Waals surface area (Å²) in [5.74, 6) is 5.78. The Hall–Kier alpha value is -2.21. The Morgan fingerprint density at radius 2 is 1.89 bits per heavy atom. The Balaban J connectivity index is 2.46. The summed E-state index contributed by atoms with van der Waals surface area (Å²) >= 11 is 0. The first-order valence-electron chi connectivity index (χ1n) is 5.31. The van der Waals surface area contributed by atoms with E-state index < -0.39 is 5.82 Å². The highest BCUT2D eigenvalue weighted by atomic mass is 19.1. The van der Waals surface area contributed by atoms with Gasteiger partial charge in [-0.1, -0.05) is 0 Å². The summed E-state index contributed by atoms with van der Waals surface area (Å²) in [7, 11) is 1.59. The molecule has 0 radical (unpaired) electrons. The number of anilines is 1. The number of rotatable bonds is 3. The molecule has 6 heteroatoms. The van der Waals surface area contributed by atoms with Crippen LogP contribution in [-0.2, 0) is 0 Å². The Kier molecular flexibility index (Phi) is 3.38. The van der Waals surface area contributed by atoms with Gasteiger partial charge in [-0.3, -0.25) is 0 Å². The molecule has 0 fully saturated rings. The molecule has 0 atom stereocenters. The van der Waals surface area contributed by atoms with E-state index in [1.807, 2.05) is 0 Å². The Labute approximate surface area is 104 Å². The Bertz CT molecular complexity index is 557. The number of hydrogen-bond acceptors (Lipinski definition) is 5. The molecule has 0 saturated heterocycles. The first-order valence-corrected chi connectivity index (χ1v) is 5.31. The highest BCUT2D eigenvalue weighted by Crippen LogP contribution is 2.22. The molecule has 0 aliphatic heterocycles. The van der Waals surface area contributed by atoms with Gasteiger partial charge in [0, 0.05) is 5.56 Å². The molecular formula is C12H13FN4O. The van der Waals surface area contributed by atoms with Gasteiger partial charge < -0.3 is 10.2 Å². The average Bonchev–Trinajstić information content (AvgIpc) is 2.42. The maximum Gasteiger partial charge on any atom is 0.187 e. The predicted molar refractivity (Wildman–Crippen MR) is 66.5 cm³/mol. The van der Waals surface area contributed by atoms with E-state index in [2.05, 4.69) is 15.4 Å². The summed E-state index contributed by atoms with van der Waals surface area (Å²) in [5, 5.41) is 0. The molecule has 1 aromatic heterocycles. The number of halogens is 1. The van der Waals surface area contributed by atoms with Crippen molar-refractivity contribution in [3.05, 3.63) is 35.8 Å². The standard InChI is InChI=1S/C12H13FN4O/c1-7-10(13)12(17-14)16-11(15-7)8-3-5-9(18-2)6-4-8/h3-6H,14H2,1-2H3,(H,15,16,17). The maximum absolute atomic E-state index is 13.5. The second-order valence-corrected chi connectivity index (χ2v) is 3.67. The van der Waals surface area contributed by atoms with Crippen LogP contribution in [-0.4, -0.2) is 17.1 Å². The fourth-order valence-electron chi connectivity index (χ4n) is 1.52. The summed E-state index contributed by atoms with van der Waals surface area (Å²) in [6, 6.07) is 7.16. The number of nitrogens with two attached hydrogens (primary N) is 1. The van der Waals surface area contributed by atoms with Gasteiger partial charge in [0.1, 0.15) is 5.75 Å². The van der Waals surface area contributed by atoms with E-state index in [1.54, 1.807) is 38.3 Å². The molecule has 94 valence electrons. The molecule has 0 amide bonds.